The van der Waals surface area contributed by atoms with Crippen molar-refractivity contribution in [1.82, 2.24) is 5.32 Å². The zero-order chi connectivity index (χ0) is 9.42. The number of ether oxygens (including phenoxy) is 1. The Morgan fingerprint density at radius 3 is 3.08 bits per heavy atom. The van der Waals surface area contributed by atoms with Crippen molar-refractivity contribution in [1.29, 1.82) is 0 Å². The average Bonchev–Trinajstić information content (AvgIpc) is 2.08. The smallest absolute Gasteiger partial charge is 0.310 e. The van der Waals surface area contributed by atoms with E-state index in [2.05, 4.69) is 10.1 Å². The molecule has 0 aromatic rings. The van der Waals surface area contributed by atoms with E-state index in [1.54, 1.807) is 0 Å². The lowest BCUT2D eigenvalue weighted by atomic mass is 9.65. The van der Waals surface area contributed by atoms with Gasteiger partial charge < -0.3 is 10.1 Å². The Hall–Kier alpha value is -0.900. The second-order valence-corrected chi connectivity index (χ2v) is 3.67. The molecular formula is C9H13NO3. The first-order chi connectivity index (χ1) is 6.24. The SMILES string of the molecule is COC(=O)C1CC2C(=O)CCNC21. The van der Waals surface area contributed by atoms with Crippen molar-refractivity contribution in [3.05, 3.63) is 0 Å². The summed E-state index contributed by atoms with van der Waals surface area (Å²) in [5.41, 5.74) is 0. The Bertz CT molecular complexity index is 251. The van der Waals surface area contributed by atoms with Gasteiger partial charge in [-0.25, -0.2) is 0 Å². The number of carbonyl (C=O) groups is 2. The molecule has 2 fully saturated rings. The summed E-state index contributed by atoms with van der Waals surface area (Å²) in [6.45, 7) is 0.702. The molecule has 0 radical (unpaired) electrons. The number of hydrogen-bond acceptors (Lipinski definition) is 4. The van der Waals surface area contributed by atoms with E-state index in [4.69, 9.17) is 0 Å². The first-order valence-corrected chi connectivity index (χ1v) is 4.58. The molecule has 2 rings (SSSR count). The molecule has 0 amide bonds. The van der Waals surface area contributed by atoms with E-state index in [0.29, 0.717) is 25.2 Å². The fourth-order valence-electron chi connectivity index (χ4n) is 2.21. The van der Waals surface area contributed by atoms with Crippen molar-refractivity contribution in [2.24, 2.45) is 11.8 Å². The second-order valence-electron chi connectivity index (χ2n) is 3.67. The summed E-state index contributed by atoms with van der Waals surface area (Å²) in [5.74, 6) is 0.0736. The zero-order valence-corrected chi connectivity index (χ0v) is 7.58. The molecule has 0 spiro atoms. The maximum Gasteiger partial charge on any atom is 0.310 e. The minimum absolute atomic E-state index is 0.0497. The van der Waals surface area contributed by atoms with E-state index < -0.39 is 0 Å². The molecule has 3 atom stereocenters. The van der Waals surface area contributed by atoms with Gasteiger partial charge in [0, 0.05) is 24.9 Å². The minimum atomic E-state index is -0.191. The van der Waals surface area contributed by atoms with Gasteiger partial charge in [0.25, 0.3) is 0 Å². The van der Waals surface area contributed by atoms with Crippen molar-refractivity contribution >= 4 is 11.8 Å². The number of hydrogen-bond donors (Lipinski definition) is 1. The topological polar surface area (TPSA) is 55.4 Å². The van der Waals surface area contributed by atoms with Crippen LogP contribution in [-0.4, -0.2) is 31.4 Å². The van der Waals surface area contributed by atoms with Crippen LogP contribution >= 0.6 is 0 Å². The first kappa shape index (κ1) is 8.69. The number of piperidine rings is 1. The summed E-state index contributed by atoms with van der Waals surface area (Å²) >= 11 is 0. The number of ketones is 1. The van der Waals surface area contributed by atoms with Crippen LogP contribution in [0.4, 0.5) is 0 Å². The highest BCUT2D eigenvalue weighted by Crippen LogP contribution is 2.38. The molecule has 2 aliphatic rings. The van der Waals surface area contributed by atoms with Crippen molar-refractivity contribution < 1.29 is 14.3 Å². The van der Waals surface area contributed by atoms with Crippen LogP contribution in [0.15, 0.2) is 0 Å². The predicted molar refractivity (Wildman–Crippen MR) is 45.0 cm³/mol. The molecule has 4 nitrogen and oxygen atoms in total. The van der Waals surface area contributed by atoms with Crippen LogP contribution in [-0.2, 0) is 14.3 Å². The molecule has 1 saturated heterocycles. The lowest BCUT2D eigenvalue weighted by molar-refractivity contribution is -0.155. The molecule has 3 unspecified atom stereocenters. The molecule has 0 bridgehead atoms. The Morgan fingerprint density at radius 1 is 1.62 bits per heavy atom. The Morgan fingerprint density at radius 2 is 2.38 bits per heavy atom. The van der Waals surface area contributed by atoms with Gasteiger partial charge in [-0.15, -0.1) is 0 Å². The third-order valence-corrected chi connectivity index (χ3v) is 3.04. The highest BCUT2D eigenvalue weighted by molar-refractivity contribution is 5.87. The van der Waals surface area contributed by atoms with Crippen LogP contribution in [0.2, 0.25) is 0 Å². The van der Waals surface area contributed by atoms with Crippen LogP contribution in [0.1, 0.15) is 12.8 Å². The van der Waals surface area contributed by atoms with Gasteiger partial charge in [0.1, 0.15) is 5.78 Å². The van der Waals surface area contributed by atoms with Crippen LogP contribution in [0.3, 0.4) is 0 Å². The maximum absolute atomic E-state index is 11.3. The molecule has 1 N–H and O–H groups in total. The van der Waals surface area contributed by atoms with Gasteiger partial charge in [-0.3, -0.25) is 9.59 Å². The largest absolute Gasteiger partial charge is 0.469 e. The average molecular weight is 183 g/mol. The second kappa shape index (κ2) is 3.10. The van der Waals surface area contributed by atoms with Crippen molar-refractivity contribution in [3.63, 3.8) is 0 Å². The Labute approximate surface area is 76.6 Å². The molecule has 1 aliphatic carbocycles. The maximum atomic E-state index is 11.3. The normalized spacial score (nSPS) is 37.6. The van der Waals surface area contributed by atoms with Crippen LogP contribution in [0.5, 0.6) is 0 Å². The molecular weight excluding hydrogens is 170 g/mol. The summed E-state index contributed by atoms with van der Waals surface area (Å²) in [6.07, 6.45) is 1.28. The quantitative estimate of drug-likeness (QED) is 0.568. The molecule has 72 valence electrons. The van der Waals surface area contributed by atoms with E-state index in [1.807, 2.05) is 0 Å². The molecule has 13 heavy (non-hydrogen) atoms. The zero-order valence-electron chi connectivity index (χ0n) is 7.58. The van der Waals surface area contributed by atoms with Gasteiger partial charge in [-0.2, -0.15) is 0 Å². The monoisotopic (exact) mass is 183 g/mol. The first-order valence-electron chi connectivity index (χ1n) is 4.58. The van der Waals surface area contributed by atoms with Crippen molar-refractivity contribution in [2.75, 3.05) is 13.7 Å². The number of carbonyl (C=O) groups excluding carboxylic acids is 2. The predicted octanol–water partition coefficient (Wildman–Crippen LogP) is -0.274. The van der Waals surface area contributed by atoms with Crippen LogP contribution < -0.4 is 5.32 Å². The third kappa shape index (κ3) is 1.25. The van der Waals surface area contributed by atoms with Gasteiger partial charge in [0.15, 0.2) is 0 Å². The number of nitrogens with one attached hydrogen (secondary N) is 1. The molecule has 4 heteroatoms. The number of Topliss-reactive ketones (excluding diaryl/α,β-unsaturated/α-hetero) is 1. The third-order valence-electron chi connectivity index (χ3n) is 3.04. The molecule has 1 heterocycles. The van der Waals surface area contributed by atoms with Gasteiger partial charge in [0.05, 0.1) is 13.0 Å². The lowest BCUT2D eigenvalue weighted by Crippen LogP contribution is -2.61. The van der Waals surface area contributed by atoms with E-state index in [9.17, 15) is 9.59 Å². The standard InChI is InChI=1S/C9H13NO3/c1-13-9(12)6-4-5-7(11)2-3-10-8(5)6/h5-6,8,10H,2-4H2,1H3. The Kier molecular flexibility index (Phi) is 2.07. The number of rotatable bonds is 1. The highest BCUT2D eigenvalue weighted by Gasteiger charge is 2.50. The molecule has 0 aromatic heterocycles. The van der Waals surface area contributed by atoms with E-state index >= 15 is 0 Å². The fourth-order valence-corrected chi connectivity index (χ4v) is 2.21. The van der Waals surface area contributed by atoms with Gasteiger partial charge >= 0.3 is 5.97 Å². The summed E-state index contributed by atoms with van der Waals surface area (Å²) in [6, 6.07) is 0.0497. The molecule has 1 aliphatic heterocycles. The molecule has 0 aromatic carbocycles. The van der Waals surface area contributed by atoms with E-state index in [0.717, 1.165) is 0 Å². The lowest BCUT2D eigenvalue weighted by Gasteiger charge is -2.45. The Balaban J connectivity index is 2.00. The van der Waals surface area contributed by atoms with Crippen molar-refractivity contribution in [2.45, 2.75) is 18.9 Å². The highest BCUT2D eigenvalue weighted by atomic mass is 16.5. The van der Waals surface area contributed by atoms with Gasteiger partial charge in [0.2, 0.25) is 0 Å². The summed E-state index contributed by atoms with van der Waals surface area (Å²) in [7, 11) is 1.39. The number of fused-ring (bicyclic) bond motifs is 1. The number of esters is 1. The summed E-state index contributed by atoms with van der Waals surface area (Å²) in [5, 5.41) is 3.19. The molecule has 1 saturated carbocycles. The van der Waals surface area contributed by atoms with E-state index in [-0.39, 0.29) is 23.8 Å². The minimum Gasteiger partial charge on any atom is -0.469 e. The van der Waals surface area contributed by atoms with Gasteiger partial charge in [-0.1, -0.05) is 0 Å². The number of methoxy groups -OCH3 is 1. The van der Waals surface area contributed by atoms with Crippen LogP contribution in [0.25, 0.3) is 0 Å². The van der Waals surface area contributed by atoms with Crippen molar-refractivity contribution in [3.8, 4) is 0 Å². The summed E-state index contributed by atoms with van der Waals surface area (Å²) < 4.78 is 4.65. The van der Waals surface area contributed by atoms with Crippen LogP contribution in [0, 0.1) is 11.8 Å². The fraction of sp³-hybridized carbons (Fsp3) is 0.778. The van der Waals surface area contributed by atoms with E-state index in [1.165, 1.54) is 7.11 Å². The summed E-state index contributed by atoms with van der Waals surface area (Å²) in [4.78, 5) is 22.5. The van der Waals surface area contributed by atoms with Gasteiger partial charge in [-0.05, 0) is 6.42 Å².